The van der Waals surface area contributed by atoms with E-state index < -0.39 is 5.54 Å². The lowest BCUT2D eigenvalue weighted by molar-refractivity contribution is -0.123. The van der Waals surface area contributed by atoms with Crippen LogP contribution < -0.4 is 11.1 Å². The first kappa shape index (κ1) is 13.5. The summed E-state index contributed by atoms with van der Waals surface area (Å²) in [5, 5.41) is 5.06. The fourth-order valence-electron chi connectivity index (χ4n) is 1.32. The molecule has 0 aliphatic rings. The zero-order chi connectivity index (χ0) is 12.0. The Morgan fingerprint density at radius 3 is 2.94 bits per heavy atom. The second-order valence-corrected chi connectivity index (χ2v) is 6.17. The molecule has 1 amide bonds. The van der Waals surface area contributed by atoms with E-state index in [2.05, 4.69) is 16.8 Å². The number of hydrogen-bond acceptors (Lipinski definition) is 4. The Bertz CT molecular complexity index is 327. The molecule has 0 saturated heterocycles. The molecule has 0 spiro atoms. The molecular formula is C11H18N2OS2. The average Bonchev–Trinajstić information content (AvgIpc) is 2.76. The van der Waals surface area contributed by atoms with Gasteiger partial charge in [0.05, 0.1) is 9.75 Å². The van der Waals surface area contributed by atoms with E-state index in [4.69, 9.17) is 5.73 Å². The first-order valence-electron chi connectivity index (χ1n) is 5.23. The van der Waals surface area contributed by atoms with Gasteiger partial charge in [0, 0.05) is 0 Å². The average molecular weight is 258 g/mol. The van der Waals surface area contributed by atoms with E-state index in [0.717, 1.165) is 18.6 Å². The smallest absolute Gasteiger partial charge is 0.237 e. The van der Waals surface area contributed by atoms with Gasteiger partial charge in [0.2, 0.25) is 5.91 Å². The molecule has 1 unspecified atom stereocenters. The fraction of sp³-hybridized carbons (Fsp3) is 0.545. The zero-order valence-corrected chi connectivity index (χ0v) is 11.3. The van der Waals surface area contributed by atoms with E-state index in [0.29, 0.717) is 0 Å². The maximum Gasteiger partial charge on any atom is 0.237 e. The first-order chi connectivity index (χ1) is 7.58. The lowest BCUT2D eigenvalue weighted by atomic mass is 9.96. The van der Waals surface area contributed by atoms with Crippen molar-refractivity contribution in [3.05, 3.63) is 17.5 Å². The zero-order valence-electron chi connectivity index (χ0n) is 9.66. The summed E-state index contributed by atoms with van der Waals surface area (Å²) in [4.78, 5) is 11.2. The van der Waals surface area contributed by atoms with Crippen LogP contribution in [0, 0.1) is 0 Å². The summed E-state index contributed by atoms with van der Waals surface area (Å²) in [7, 11) is 1.77. The van der Waals surface area contributed by atoms with Crippen LogP contribution in [-0.2, 0) is 4.79 Å². The molecule has 0 fully saturated rings. The summed E-state index contributed by atoms with van der Waals surface area (Å²) in [6.07, 6.45) is 1.75. The predicted octanol–water partition coefficient (Wildman–Crippen LogP) is 2.08. The van der Waals surface area contributed by atoms with Crippen LogP contribution in [0.1, 0.15) is 19.8 Å². The van der Waals surface area contributed by atoms with Gasteiger partial charge in [-0.1, -0.05) is 6.07 Å². The van der Waals surface area contributed by atoms with Crippen molar-refractivity contribution < 1.29 is 4.79 Å². The normalized spacial score (nSPS) is 14.6. The summed E-state index contributed by atoms with van der Waals surface area (Å²) in [5.41, 5.74) is 4.78. The Kier molecular flexibility index (Phi) is 5.31. The quantitative estimate of drug-likeness (QED) is 0.581. The molecule has 0 saturated carbocycles. The highest BCUT2D eigenvalue weighted by Crippen LogP contribution is 2.25. The molecule has 1 aromatic rings. The minimum absolute atomic E-state index is 0.281. The second kappa shape index (κ2) is 6.27. The van der Waals surface area contributed by atoms with Gasteiger partial charge in [0.1, 0.15) is 0 Å². The lowest BCUT2D eigenvalue weighted by Gasteiger charge is -2.25. The molecule has 5 heteroatoms. The van der Waals surface area contributed by atoms with Gasteiger partial charge in [-0.2, -0.15) is 0 Å². The number of carbonyl (C=O) groups excluding carboxylic acids is 1. The summed E-state index contributed by atoms with van der Waals surface area (Å²) in [6.45, 7) is 1.85. The molecule has 16 heavy (non-hydrogen) atoms. The van der Waals surface area contributed by atoms with E-state index in [-0.39, 0.29) is 5.91 Å². The largest absolute Gasteiger partial charge is 0.368 e. The van der Waals surface area contributed by atoms with Crippen molar-refractivity contribution >= 4 is 29.0 Å². The van der Waals surface area contributed by atoms with Crippen molar-refractivity contribution in [2.45, 2.75) is 29.5 Å². The molecule has 1 aromatic heterocycles. The molecule has 0 bridgehead atoms. The molecule has 1 heterocycles. The van der Waals surface area contributed by atoms with Crippen molar-refractivity contribution in [2.24, 2.45) is 5.73 Å². The van der Waals surface area contributed by atoms with Gasteiger partial charge in [-0.25, -0.2) is 0 Å². The monoisotopic (exact) mass is 258 g/mol. The van der Waals surface area contributed by atoms with Crippen molar-refractivity contribution in [3.8, 4) is 0 Å². The van der Waals surface area contributed by atoms with E-state index in [9.17, 15) is 4.79 Å². The number of nitrogens with two attached hydrogens (primary N) is 1. The second-order valence-electron chi connectivity index (χ2n) is 3.83. The first-order valence-corrected chi connectivity index (χ1v) is 7.10. The minimum Gasteiger partial charge on any atom is -0.368 e. The Morgan fingerprint density at radius 2 is 2.44 bits per heavy atom. The molecule has 0 radical (unpaired) electrons. The maximum atomic E-state index is 11.2. The highest BCUT2D eigenvalue weighted by atomic mass is 32.2. The number of primary amides is 1. The number of amides is 1. The van der Waals surface area contributed by atoms with Gasteiger partial charge in [0.15, 0.2) is 0 Å². The molecule has 3 N–H and O–H groups in total. The topological polar surface area (TPSA) is 55.1 Å². The van der Waals surface area contributed by atoms with Gasteiger partial charge in [0.25, 0.3) is 0 Å². The summed E-state index contributed by atoms with van der Waals surface area (Å²) in [5.74, 6) is 0.738. The highest BCUT2D eigenvalue weighted by molar-refractivity contribution is 8.01. The van der Waals surface area contributed by atoms with Gasteiger partial charge < -0.3 is 11.1 Å². The van der Waals surface area contributed by atoms with E-state index >= 15 is 0 Å². The van der Waals surface area contributed by atoms with Gasteiger partial charge in [-0.3, -0.25) is 4.79 Å². The summed E-state index contributed by atoms with van der Waals surface area (Å²) in [6, 6.07) is 4.16. The van der Waals surface area contributed by atoms with E-state index in [1.807, 2.05) is 24.8 Å². The number of carbonyl (C=O) groups is 1. The summed E-state index contributed by atoms with van der Waals surface area (Å²) < 4.78 is 1.32. The molecule has 3 nitrogen and oxygen atoms in total. The number of thiophene rings is 1. The van der Waals surface area contributed by atoms with Crippen LogP contribution in [0.25, 0.3) is 0 Å². The molecular weight excluding hydrogens is 240 g/mol. The molecule has 1 atom stereocenters. The molecule has 1 rings (SSSR count). The predicted molar refractivity (Wildman–Crippen MR) is 70.9 cm³/mol. The Labute approximate surface area is 105 Å². The number of likely N-dealkylation sites (N-methyl/N-ethyl adjacent to an activating group) is 1. The van der Waals surface area contributed by atoms with E-state index in [1.54, 1.807) is 18.4 Å². The summed E-state index contributed by atoms with van der Waals surface area (Å²) >= 11 is 3.58. The highest BCUT2D eigenvalue weighted by Gasteiger charge is 2.27. The number of nitrogens with one attached hydrogen (secondary N) is 1. The number of hydrogen-bond donors (Lipinski definition) is 2. The fourth-order valence-corrected chi connectivity index (χ4v) is 3.12. The standard InChI is InChI=1S/C11H18N2OS2/c1-11(13-2,10(12)14)6-4-8-16-9-5-3-7-15-9/h3,5,7,13H,4,6,8H2,1-2H3,(H2,12,14). The number of thioether (sulfide) groups is 1. The van der Waals surface area contributed by atoms with Gasteiger partial charge in [-0.15, -0.1) is 23.1 Å². The Morgan fingerprint density at radius 1 is 1.69 bits per heavy atom. The third-order valence-corrected chi connectivity index (χ3v) is 4.87. The van der Waals surface area contributed by atoms with Crippen LogP contribution in [0.15, 0.2) is 21.7 Å². The minimum atomic E-state index is -0.573. The molecule has 0 aliphatic heterocycles. The molecule has 90 valence electrons. The molecule has 0 aromatic carbocycles. The SMILES string of the molecule is CNC(C)(CCCSc1cccs1)C(N)=O. The molecule has 0 aliphatic carbocycles. The van der Waals surface area contributed by atoms with Gasteiger partial charge in [-0.05, 0) is 44.0 Å². The van der Waals surface area contributed by atoms with Crippen LogP contribution in [0.5, 0.6) is 0 Å². The maximum absolute atomic E-state index is 11.2. The van der Waals surface area contributed by atoms with Crippen molar-refractivity contribution in [1.29, 1.82) is 0 Å². The third kappa shape index (κ3) is 3.81. The van der Waals surface area contributed by atoms with Crippen LogP contribution in [0.2, 0.25) is 0 Å². The number of rotatable bonds is 7. The van der Waals surface area contributed by atoms with Crippen molar-refractivity contribution in [2.75, 3.05) is 12.8 Å². The van der Waals surface area contributed by atoms with Gasteiger partial charge >= 0.3 is 0 Å². The third-order valence-electron chi connectivity index (χ3n) is 2.66. The van der Waals surface area contributed by atoms with Crippen LogP contribution in [0.4, 0.5) is 0 Å². The van der Waals surface area contributed by atoms with Crippen LogP contribution >= 0.6 is 23.1 Å². The van der Waals surface area contributed by atoms with Crippen molar-refractivity contribution in [3.63, 3.8) is 0 Å². The lowest BCUT2D eigenvalue weighted by Crippen LogP contribution is -2.51. The Balaban J connectivity index is 2.26. The van der Waals surface area contributed by atoms with Crippen LogP contribution in [0.3, 0.4) is 0 Å². The Hall–Kier alpha value is -0.520. The van der Waals surface area contributed by atoms with Crippen LogP contribution in [-0.4, -0.2) is 24.2 Å². The van der Waals surface area contributed by atoms with E-state index in [1.165, 1.54) is 4.21 Å². The van der Waals surface area contributed by atoms with Crippen molar-refractivity contribution in [1.82, 2.24) is 5.32 Å².